The highest BCUT2D eigenvalue weighted by Crippen LogP contribution is 2.18. The molecule has 2 aromatic carbocycles. The maximum Gasteiger partial charge on any atom is 0.407 e. The highest BCUT2D eigenvalue weighted by atomic mass is 16.5. The van der Waals surface area contributed by atoms with Gasteiger partial charge in [-0.3, -0.25) is 4.79 Å². The maximum atomic E-state index is 12.5. The summed E-state index contributed by atoms with van der Waals surface area (Å²) in [5, 5.41) is 5.78. The monoisotopic (exact) mass is 364 g/mol. The standard InChI is InChI=1S/C22H24N2O3/c25-21-19(13-7-8-14-23-21)20(15-17-9-3-1-4-10-17)24-22(26)27-16-18-11-5-2-6-12-18/h1-12,19-20H,13-16H2,(H,23,25)(H,24,26)/t19-,20-/m0/s1. The van der Waals surface area contributed by atoms with Crippen molar-refractivity contribution in [2.24, 2.45) is 5.92 Å². The zero-order valence-electron chi connectivity index (χ0n) is 15.1. The Bertz CT molecular complexity index is 775. The van der Waals surface area contributed by atoms with Gasteiger partial charge in [-0.25, -0.2) is 4.79 Å². The van der Waals surface area contributed by atoms with Crippen LogP contribution in [-0.2, 0) is 22.6 Å². The van der Waals surface area contributed by atoms with Gasteiger partial charge in [-0.05, 0) is 24.0 Å². The molecule has 0 fully saturated rings. The molecule has 0 radical (unpaired) electrons. The highest BCUT2D eigenvalue weighted by molar-refractivity contribution is 5.81. The van der Waals surface area contributed by atoms with Crippen LogP contribution in [0.1, 0.15) is 17.5 Å². The van der Waals surface area contributed by atoms with Gasteiger partial charge in [-0.2, -0.15) is 0 Å². The summed E-state index contributed by atoms with van der Waals surface area (Å²) in [5.74, 6) is -0.391. The number of allylic oxidation sites excluding steroid dienone is 1. The lowest BCUT2D eigenvalue weighted by atomic mass is 9.90. The topological polar surface area (TPSA) is 67.4 Å². The SMILES string of the molecule is O=C(N[C@@H](Cc1ccccc1)[C@@H]1CC=CCNC1=O)OCc1ccccc1. The number of hydrogen-bond donors (Lipinski definition) is 2. The van der Waals surface area contributed by atoms with E-state index in [1.807, 2.05) is 72.8 Å². The van der Waals surface area contributed by atoms with Gasteiger partial charge in [0.25, 0.3) is 0 Å². The predicted octanol–water partition coefficient (Wildman–Crippen LogP) is 3.22. The Hall–Kier alpha value is -3.08. The zero-order chi connectivity index (χ0) is 18.9. The van der Waals surface area contributed by atoms with E-state index in [1.165, 1.54) is 0 Å². The van der Waals surface area contributed by atoms with E-state index in [0.717, 1.165) is 11.1 Å². The minimum Gasteiger partial charge on any atom is -0.445 e. The van der Waals surface area contributed by atoms with Crippen molar-refractivity contribution < 1.29 is 14.3 Å². The third kappa shape index (κ3) is 5.71. The summed E-state index contributed by atoms with van der Waals surface area (Å²) in [6, 6.07) is 19.0. The first-order chi connectivity index (χ1) is 13.2. The van der Waals surface area contributed by atoms with Crippen LogP contribution in [0.5, 0.6) is 0 Å². The van der Waals surface area contributed by atoms with Gasteiger partial charge in [0.15, 0.2) is 0 Å². The molecule has 0 aliphatic carbocycles. The van der Waals surface area contributed by atoms with Crippen molar-refractivity contribution in [1.82, 2.24) is 10.6 Å². The molecule has 1 aliphatic rings. The molecule has 5 heteroatoms. The molecule has 0 unspecified atom stereocenters. The summed E-state index contributed by atoms with van der Waals surface area (Å²) in [7, 11) is 0. The minimum atomic E-state index is -0.513. The van der Waals surface area contributed by atoms with Crippen LogP contribution in [0, 0.1) is 5.92 Å². The van der Waals surface area contributed by atoms with E-state index in [0.29, 0.717) is 19.4 Å². The molecule has 2 atom stereocenters. The van der Waals surface area contributed by atoms with Crippen molar-refractivity contribution in [2.75, 3.05) is 6.54 Å². The van der Waals surface area contributed by atoms with Gasteiger partial charge in [-0.1, -0.05) is 72.8 Å². The summed E-state index contributed by atoms with van der Waals surface area (Å²) in [6.07, 6.45) is 4.55. The number of alkyl carbamates (subject to hydrolysis) is 1. The Morgan fingerprint density at radius 3 is 2.41 bits per heavy atom. The number of amides is 2. The Balaban J connectivity index is 1.67. The molecule has 140 valence electrons. The van der Waals surface area contributed by atoms with Gasteiger partial charge >= 0.3 is 6.09 Å². The number of carbonyl (C=O) groups excluding carboxylic acids is 2. The van der Waals surface area contributed by atoms with Crippen LogP contribution in [0.4, 0.5) is 4.79 Å². The Morgan fingerprint density at radius 2 is 1.70 bits per heavy atom. The van der Waals surface area contributed by atoms with Crippen LogP contribution < -0.4 is 10.6 Å². The van der Waals surface area contributed by atoms with Crippen LogP contribution in [0.3, 0.4) is 0 Å². The maximum absolute atomic E-state index is 12.5. The first kappa shape index (κ1) is 18.7. The molecule has 27 heavy (non-hydrogen) atoms. The molecular formula is C22H24N2O3. The van der Waals surface area contributed by atoms with Gasteiger partial charge in [0.1, 0.15) is 6.61 Å². The molecule has 2 N–H and O–H groups in total. The molecule has 2 amide bonds. The molecule has 5 nitrogen and oxygen atoms in total. The predicted molar refractivity (Wildman–Crippen MR) is 104 cm³/mol. The van der Waals surface area contributed by atoms with Crippen LogP contribution in [-0.4, -0.2) is 24.6 Å². The van der Waals surface area contributed by atoms with Gasteiger partial charge in [0.05, 0.1) is 5.92 Å². The smallest absolute Gasteiger partial charge is 0.407 e. The van der Waals surface area contributed by atoms with E-state index >= 15 is 0 Å². The largest absolute Gasteiger partial charge is 0.445 e. The summed E-state index contributed by atoms with van der Waals surface area (Å²) >= 11 is 0. The average Bonchev–Trinajstić information content (AvgIpc) is 2.92. The number of nitrogens with one attached hydrogen (secondary N) is 2. The summed E-state index contributed by atoms with van der Waals surface area (Å²) < 4.78 is 5.35. The number of rotatable bonds is 6. The van der Waals surface area contributed by atoms with Crippen molar-refractivity contribution in [3.8, 4) is 0 Å². The van der Waals surface area contributed by atoms with Gasteiger partial charge < -0.3 is 15.4 Å². The van der Waals surface area contributed by atoms with E-state index in [4.69, 9.17) is 4.74 Å². The highest BCUT2D eigenvalue weighted by Gasteiger charge is 2.30. The van der Waals surface area contributed by atoms with Crippen molar-refractivity contribution in [3.05, 3.63) is 83.9 Å². The molecule has 0 saturated carbocycles. The number of ether oxygens (including phenoxy) is 1. The van der Waals surface area contributed by atoms with Crippen LogP contribution >= 0.6 is 0 Å². The molecule has 0 spiro atoms. The van der Waals surface area contributed by atoms with Gasteiger partial charge in [0.2, 0.25) is 5.91 Å². The lowest BCUT2D eigenvalue weighted by molar-refractivity contribution is -0.125. The quantitative estimate of drug-likeness (QED) is 0.774. The van der Waals surface area contributed by atoms with Gasteiger partial charge in [0, 0.05) is 12.6 Å². The average molecular weight is 364 g/mol. The van der Waals surface area contributed by atoms with Crippen LogP contribution in [0.2, 0.25) is 0 Å². The fourth-order valence-electron chi connectivity index (χ4n) is 3.15. The Labute approximate surface area is 159 Å². The molecule has 2 aromatic rings. The Kier molecular flexibility index (Phi) is 6.63. The molecular weight excluding hydrogens is 340 g/mol. The van der Waals surface area contributed by atoms with E-state index in [1.54, 1.807) is 0 Å². The number of benzene rings is 2. The third-order valence-corrected chi connectivity index (χ3v) is 4.59. The van der Waals surface area contributed by atoms with Crippen LogP contribution in [0.15, 0.2) is 72.8 Å². The van der Waals surface area contributed by atoms with Crippen molar-refractivity contribution in [1.29, 1.82) is 0 Å². The zero-order valence-corrected chi connectivity index (χ0v) is 15.1. The first-order valence-electron chi connectivity index (χ1n) is 9.16. The van der Waals surface area contributed by atoms with Gasteiger partial charge in [-0.15, -0.1) is 0 Å². The second-order valence-electron chi connectivity index (χ2n) is 6.56. The minimum absolute atomic E-state index is 0.0516. The lowest BCUT2D eigenvalue weighted by Crippen LogP contribution is -2.47. The van der Waals surface area contributed by atoms with E-state index < -0.39 is 6.09 Å². The molecule has 1 heterocycles. The second-order valence-corrected chi connectivity index (χ2v) is 6.56. The number of hydrogen-bond acceptors (Lipinski definition) is 3. The normalized spacial score (nSPS) is 17.5. The summed E-state index contributed by atoms with van der Waals surface area (Å²) in [6.45, 7) is 0.716. The molecule has 0 saturated heterocycles. The molecule has 0 aromatic heterocycles. The van der Waals surface area contributed by atoms with Crippen molar-refractivity contribution in [2.45, 2.75) is 25.5 Å². The molecule has 1 aliphatic heterocycles. The first-order valence-corrected chi connectivity index (χ1v) is 9.16. The summed E-state index contributed by atoms with van der Waals surface area (Å²) in [5.41, 5.74) is 1.98. The molecule has 3 rings (SSSR count). The molecule has 0 bridgehead atoms. The number of carbonyl (C=O) groups is 2. The van der Waals surface area contributed by atoms with E-state index in [-0.39, 0.29) is 24.5 Å². The third-order valence-electron chi connectivity index (χ3n) is 4.59. The fraction of sp³-hybridized carbons (Fsp3) is 0.273. The van der Waals surface area contributed by atoms with Crippen LogP contribution in [0.25, 0.3) is 0 Å². The Morgan fingerprint density at radius 1 is 1.04 bits per heavy atom. The lowest BCUT2D eigenvalue weighted by Gasteiger charge is -2.25. The van der Waals surface area contributed by atoms with Crippen molar-refractivity contribution in [3.63, 3.8) is 0 Å². The summed E-state index contributed by atoms with van der Waals surface area (Å²) in [4.78, 5) is 24.8. The fourth-order valence-corrected chi connectivity index (χ4v) is 3.15. The van der Waals surface area contributed by atoms with Crippen molar-refractivity contribution >= 4 is 12.0 Å². The van der Waals surface area contributed by atoms with E-state index in [2.05, 4.69) is 10.6 Å². The van der Waals surface area contributed by atoms with E-state index in [9.17, 15) is 9.59 Å². The second kappa shape index (κ2) is 9.57.